The molecule has 0 bridgehead atoms. The second-order valence-corrected chi connectivity index (χ2v) is 8.29. The van der Waals surface area contributed by atoms with Crippen molar-refractivity contribution in [2.24, 2.45) is 0 Å². The molecule has 1 aliphatic carbocycles. The SMILES string of the molecule is Cc1nn(CC(=O)Nc2cnn(Cc3cccc(C(F)(F)F)c3)c2)c2nccc(C3CC3)c12. The monoisotopic (exact) mass is 454 g/mol. The first-order chi connectivity index (χ1) is 15.8. The van der Waals surface area contributed by atoms with Crippen molar-refractivity contribution in [3.63, 3.8) is 0 Å². The average Bonchev–Trinajstić information content (AvgIpc) is 3.45. The Hall–Kier alpha value is -3.69. The van der Waals surface area contributed by atoms with Crippen LogP contribution in [0.25, 0.3) is 11.0 Å². The lowest BCUT2D eigenvalue weighted by atomic mass is 10.1. The Balaban J connectivity index is 1.27. The van der Waals surface area contributed by atoms with Crippen LogP contribution in [0.3, 0.4) is 0 Å². The van der Waals surface area contributed by atoms with Gasteiger partial charge >= 0.3 is 6.18 Å². The Morgan fingerprint density at radius 1 is 1.24 bits per heavy atom. The molecular weight excluding hydrogens is 433 g/mol. The number of fused-ring (bicyclic) bond motifs is 1. The molecule has 0 spiro atoms. The van der Waals surface area contributed by atoms with Gasteiger partial charge in [0, 0.05) is 17.8 Å². The Morgan fingerprint density at radius 2 is 2.06 bits per heavy atom. The average molecular weight is 454 g/mol. The number of aromatic nitrogens is 5. The molecule has 1 N–H and O–H groups in total. The Labute approximate surface area is 187 Å². The van der Waals surface area contributed by atoms with Crippen LogP contribution in [0.4, 0.5) is 18.9 Å². The van der Waals surface area contributed by atoms with E-state index in [2.05, 4.69) is 20.5 Å². The molecule has 0 atom stereocenters. The third kappa shape index (κ3) is 4.46. The summed E-state index contributed by atoms with van der Waals surface area (Å²) in [6.45, 7) is 2.06. The normalized spacial score (nSPS) is 14.1. The van der Waals surface area contributed by atoms with Crippen molar-refractivity contribution in [2.75, 3.05) is 5.32 Å². The number of alkyl halides is 3. The molecular formula is C23H21F3N6O. The summed E-state index contributed by atoms with van der Waals surface area (Å²) < 4.78 is 41.8. The Morgan fingerprint density at radius 3 is 2.82 bits per heavy atom. The minimum absolute atomic E-state index is 0.00965. The van der Waals surface area contributed by atoms with Crippen molar-refractivity contribution >= 4 is 22.6 Å². The first kappa shape index (κ1) is 21.2. The van der Waals surface area contributed by atoms with Gasteiger partial charge in [-0.1, -0.05) is 12.1 Å². The lowest BCUT2D eigenvalue weighted by molar-refractivity contribution is -0.137. The molecule has 7 nitrogen and oxygen atoms in total. The molecule has 1 amide bonds. The smallest absolute Gasteiger partial charge is 0.322 e. The van der Waals surface area contributed by atoms with Gasteiger partial charge < -0.3 is 5.32 Å². The topological polar surface area (TPSA) is 77.6 Å². The predicted octanol–water partition coefficient (Wildman–Crippen LogP) is 4.52. The molecule has 0 saturated heterocycles. The molecule has 1 saturated carbocycles. The number of rotatable bonds is 6. The second-order valence-electron chi connectivity index (χ2n) is 8.29. The fourth-order valence-electron chi connectivity index (χ4n) is 4.04. The summed E-state index contributed by atoms with van der Waals surface area (Å²) >= 11 is 0. The second kappa shape index (κ2) is 8.02. The summed E-state index contributed by atoms with van der Waals surface area (Å²) in [4.78, 5) is 17.1. The molecule has 3 aromatic heterocycles. The van der Waals surface area contributed by atoms with Crippen LogP contribution >= 0.6 is 0 Å². The highest BCUT2D eigenvalue weighted by Crippen LogP contribution is 2.43. The standard InChI is InChI=1S/C23H21F3N6O/c1-14-21-19(16-5-6-16)7-8-27-22(21)32(30-14)13-20(33)29-18-10-28-31(12-18)11-15-3-2-4-17(9-15)23(24,25)26/h2-4,7-10,12,16H,5-6,11,13H2,1H3,(H,29,33). The van der Waals surface area contributed by atoms with E-state index in [1.54, 1.807) is 23.1 Å². The van der Waals surface area contributed by atoms with Crippen molar-refractivity contribution < 1.29 is 18.0 Å². The molecule has 0 radical (unpaired) electrons. The zero-order valence-corrected chi connectivity index (χ0v) is 17.8. The van der Waals surface area contributed by atoms with Crippen molar-refractivity contribution in [3.8, 4) is 0 Å². The van der Waals surface area contributed by atoms with Crippen LogP contribution in [-0.2, 0) is 24.1 Å². The van der Waals surface area contributed by atoms with Crippen LogP contribution in [0.2, 0.25) is 0 Å². The van der Waals surface area contributed by atoms with Gasteiger partial charge in [0.25, 0.3) is 0 Å². The van der Waals surface area contributed by atoms with Gasteiger partial charge in [-0.15, -0.1) is 0 Å². The van der Waals surface area contributed by atoms with E-state index in [1.165, 1.54) is 22.5 Å². The van der Waals surface area contributed by atoms with E-state index in [0.717, 1.165) is 36.1 Å². The van der Waals surface area contributed by atoms with Gasteiger partial charge in [-0.3, -0.25) is 9.48 Å². The molecule has 33 heavy (non-hydrogen) atoms. The quantitative estimate of drug-likeness (QED) is 0.465. The number of hydrogen-bond acceptors (Lipinski definition) is 4. The van der Waals surface area contributed by atoms with Crippen LogP contribution in [-0.4, -0.2) is 30.5 Å². The molecule has 10 heteroatoms. The third-order valence-corrected chi connectivity index (χ3v) is 5.67. The van der Waals surface area contributed by atoms with Crippen molar-refractivity contribution in [3.05, 3.63) is 71.3 Å². The summed E-state index contributed by atoms with van der Waals surface area (Å²) in [5.41, 5.74) is 2.98. The molecule has 0 unspecified atom stereocenters. The lowest BCUT2D eigenvalue weighted by Crippen LogP contribution is -2.19. The Bertz CT molecular complexity index is 1340. The van der Waals surface area contributed by atoms with Gasteiger partial charge in [0.15, 0.2) is 5.65 Å². The van der Waals surface area contributed by atoms with E-state index in [-0.39, 0.29) is 19.0 Å². The van der Waals surface area contributed by atoms with Crippen LogP contribution in [0.1, 0.15) is 41.1 Å². The molecule has 0 aliphatic heterocycles. The number of nitrogens with zero attached hydrogens (tertiary/aromatic N) is 5. The molecule has 3 heterocycles. The number of hydrogen-bond donors (Lipinski definition) is 1. The summed E-state index contributed by atoms with van der Waals surface area (Å²) in [5.74, 6) is 0.250. The third-order valence-electron chi connectivity index (χ3n) is 5.67. The summed E-state index contributed by atoms with van der Waals surface area (Å²) in [6.07, 6.45) is 2.71. The first-order valence-electron chi connectivity index (χ1n) is 10.6. The highest BCUT2D eigenvalue weighted by Gasteiger charge is 2.30. The zero-order chi connectivity index (χ0) is 23.2. The molecule has 1 fully saturated rings. The number of carbonyl (C=O) groups is 1. The summed E-state index contributed by atoms with van der Waals surface area (Å²) in [6, 6.07) is 7.11. The summed E-state index contributed by atoms with van der Waals surface area (Å²) in [5, 5.41) is 12.4. The van der Waals surface area contributed by atoms with E-state index in [0.29, 0.717) is 22.8 Å². The lowest BCUT2D eigenvalue weighted by Gasteiger charge is -2.08. The number of carbonyl (C=O) groups excluding carboxylic acids is 1. The number of pyridine rings is 1. The number of anilines is 1. The maximum Gasteiger partial charge on any atom is 0.416 e. The van der Waals surface area contributed by atoms with E-state index in [1.807, 2.05) is 13.0 Å². The zero-order valence-electron chi connectivity index (χ0n) is 17.8. The van der Waals surface area contributed by atoms with Gasteiger partial charge in [0.2, 0.25) is 5.91 Å². The molecule has 170 valence electrons. The van der Waals surface area contributed by atoms with E-state index >= 15 is 0 Å². The van der Waals surface area contributed by atoms with Crippen molar-refractivity contribution in [2.45, 2.75) is 44.9 Å². The highest BCUT2D eigenvalue weighted by atomic mass is 19.4. The molecule has 5 rings (SSSR count). The molecule has 4 aromatic rings. The predicted molar refractivity (Wildman–Crippen MR) is 116 cm³/mol. The number of halogens is 3. The molecule has 1 aromatic carbocycles. The van der Waals surface area contributed by atoms with Crippen LogP contribution < -0.4 is 5.32 Å². The first-order valence-corrected chi connectivity index (χ1v) is 10.6. The van der Waals surface area contributed by atoms with E-state index < -0.39 is 11.7 Å². The Kier molecular flexibility index (Phi) is 5.15. The van der Waals surface area contributed by atoms with E-state index in [4.69, 9.17) is 0 Å². The summed E-state index contributed by atoms with van der Waals surface area (Å²) in [7, 11) is 0. The van der Waals surface area contributed by atoms with Gasteiger partial charge in [0.1, 0.15) is 6.54 Å². The minimum atomic E-state index is -4.40. The molecule has 1 aliphatic rings. The van der Waals surface area contributed by atoms with Crippen molar-refractivity contribution in [1.82, 2.24) is 24.5 Å². The highest BCUT2D eigenvalue weighted by molar-refractivity contribution is 5.91. The largest absolute Gasteiger partial charge is 0.416 e. The number of amides is 1. The van der Waals surface area contributed by atoms with Crippen LogP contribution in [0, 0.1) is 6.92 Å². The minimum Gasteiger partial charge on any atom is -0.322 e. The number of nitrogens with one attached hydrogen (secondary N) is 1. The van der Waals surface area contributed by atoms with Gasteiger partial charge in [-0.2, -0.15) is 23.4 Å². The van der Waals surface area contributed by atoms with Crippen molar-refractivity contribution in [1.29, 1.82) is 0 Å². The van der Waals surface area contributed by atoms with Crippen LogP contribution in [0.15, 0.2) is 48.9 Å². The number of aryl methyl sites for hydroxylation is 1. The van der Waals surface area contributed by atoms with E-state index in [9.17, 15) is 18.0 Å². The maximum absolute atomic E-state index is 12.9. The number of benzene rings is 1. The fraction of sp³-hybridized carbons (Fsp3) is 0.304. The van der Waals surface area contributed by atoms with Gasteiger partial charge in [-0.05, 0) is 55.0 Å². The van der Waals surface area contributed by atoms with Gasteiger partial charge in [-0.25, -0.2) is 9.67 Å². The fourth-order valence-corrected chi connectivity index (χ4v) is 4.04. The van der Waals surface area contributed by atoms with Crippen LogP contribution in [0.5, 0.6) is 0 Å². The van der Waals surface area contributed by atoms with Gasteiger partial charge in [0.05, 0.1) is 29.7 Å². The maximum atomic E-state index is 12.9.